The lowest BCUT2D eigenvalue weighted by Crippen LogP contribution is -2.15. The number of nitrogens with zero attached hydrogens (tertiary/aromatic N) is 1. The Kier molecular flexibility index (Phi) is 4.47. The van der Waals surface area contributed by atoms with Crippen LogP contribution in [0.3, 0.4) is 0 Å². The highest BCUT2D eigenvalue weighted by molar-refractivity contribution is 7.80. The fraction of sp³-hybridized carbons (Fsp3) is 0.200. The molecule has 2 aromatic rings. The third-order valence-electron chi connectivity index (χ3n) is 2.98. The Labute approximate surface area is 118 Å². The van der Waals surface area contributed by atoms with E-state index in [1.54, 1.807) is 6.20 Å². The van der Waals surface area contributed by atoms with Crippen LogP contribution in [0.1, 0.15) is 16.7 Å². The van der Waals surface area contributed by atoms with E-state index in [0.717, 1.165) is 29.8 Å². The molecule has 0 fully saturated rings. The number of para-hydroxylation sites is 1. The molecule has 0 spiro atoms. The van der Waals surface area contributed by atoms with Crippen LogP contribution in [0, 0.1) is 6.92 Å². The first-order valence-electron chi connectivity index (χ1n) is 6.20. The summed E-state index contributed by atoms with van der Waals surface area (Å²) in [6.07, 6.45) is 4.58. The highest BCUT2D eigenvalue weighted by Gasteiger charge is 2.07. The van der Waals surface area contributed by atoms with Gasteiger partial charge in [0.1, 0.15) is 4.99 Å². The molecule has 1 aromatic carbocycles. The molecule has 1 aromatic heterocycles. The van der Waals surface area contributed by atoms with Crippen LogP contribution in [0.5, 0.6) is 0 Å². The lowest BCUT2D eigenvalue weighted by atomic mass is 10.1. The molecule has 0 aliphatic carbocycles. The molecule has 4 heteroatoms. The monoisotopic (exact) mass is 271 g/mol. The van der Waals surface area contributed by atoms with Gasteiger partial charge in [0.15, 0.2) is 0 Å². The smallest absolute Gasteiger partial charge is 0.106 e. The molecule has 0 bridgehead atoms. The number of nitrogens with one attached hydrogen (secondary N) is 1. The number of thiocarbonyl (C=S) groups is 1. The maximum atomic E-state index is 5.75. The molecule has 1 heterocycles. The van der Waals surface area contributed by atoms with Gasteiger partial charge in [0.05, 0.1) is 0 Å². The van der Waals surface area contributed by atoms with Crippen molar-refractivity contribution in [3.8, 4) is 0 Å². The van der Waals surface area contributed by atoms with E-state index in [1.807, 2.05) is 37.4 Å². The number of rotatable bonds is 5. The summed E-state index contributed by atoms with van der Waals surface area (Å²) >= 11 is 5.08. The predicted molar refractivity (Wildman–Crippen MR) is 83.5 cm³/mol. The highest BCUT2D eigenvalue weighted by Crippen LogP contribution is 2.20. The van der Waals surface area contributed by atoms with Gasteiger partial charge < -0.3 is 11.1 Å². The number of nitrogens with two attached hydrogens (primary N) is 1. The quantitative estimate of drug-likeness (QED) is 0.821. The Bertz CT molecular complexity index is 567. The highest BCUT2D eigenvalue weighted by atomic mass is 32.1. The summed E-state index contributed by atoms with van der Waals surface area (Å²) in [6.45, 7) is 2.88. The lowest BCUT2D eigenvalue weighted by Gasteiger charge is -2.14. The largest absolute Gasteiger partial charge is 0.389 e. The van der Waals surface area contributed by atoms with Crippen molar-refractivity contribution in [2.75, 3.05) is 11.9 Å². The minimum absolute atomic E-state index is 0.424. The van der Waals surface area contributed by atoms with Crippen LogP contribution in [-0.2, 0) is 6.42 Å². The topological polar surface area (TPSA) is 50.9 Å². The normalized spacial score (nSPS) is 10.2. The number of hydrogen-bond donors (Lipinski definition) is 2. The number of anilines is 1. The van der Waals surface area contributed by atoms with Gasteiger partial charge in [-0.2, -0.15) is 0 Å². The van der Waals surface area contributed by atoms with Crippen LogP contribution in [0.25, 0.3) is 0 Å². The van der Waals surface area contributed by atoms with E-state index in [2.05, 4.69) is 16.4 Å². The standard InChI is InChI=1S/C15H17N3S/c1-11-4-2-6-13(15(16)19)14(11)18-9-7-12-5-3-8-17-10-12/h2-6,8,10,18H,7,9H2,1H3,(H2,16,19). The fourth-order valence-corrected chi connectivity index (χ4v) is 2.16. The molecule has 3 N–H and O–H groups in total. The van der Waals surface area contributed by atoms with Gasteiger partial charge in [0.25, 0.3) is 0 Å². The summed E-state index contributed by atoms with van der Waals surface area (Å²) in [5.74, 6) is 0. The fourth-order valence-electron chi connectivity index (χ4n) is 1.99. The molecule has 0 aliphatic heterocycles. The van der Waals surface area contributed by atoms with E-state index in [0.29, 0.717) is 4.99 Å². The van der Waals surface area contributed by atoms with E-state index < -0.39 is 0 Å². The van der Waals surface area contributed by atoms with Crippen molar-refractivity contribution in [3.05, 3.63) is 59.4 Å². The molecule has 0 aliphatic rings. The van der Waals surface area contributed by atoms with Crippen LogP contribution in [0.15, 0.2) is 42.7 Å². The third-order valence-corrected chi connectivity index (χ3v) is 3.20. The number of benzene rings is 1. The molecule has 0 saturated heterocycles. The van der Waals surface area contributed by atoms with Gasteiger partial charge >= 0.3 is 0 Å². The second-order valence-corrected chi connectivity index (χ2v) is 4.84. The average molecular weight is 271 g/mol. The Balaban J connectivity index is 2.05. The SMILES string of the molecule is Cc1cccc(C(N)=S)c1NCCc1cccnc1. The Morgan fingerprint density at radius 2 is 2.16 bits per heavy atom. The summed E-state index contributed by atoms with van der Waals surface area (Å²) in [4.78, 5) is 4.53. The molecule has 19 heavy (non-hydrogen) atoms. The van der Waals surface area contributed by atoms with E-state index in [-0.39, 0.29) is 0 Å². The van der Waals surface area contributed by atoms with Gasteiger partial charge in [-0.15, -0.1) is 0 Å². The van der Waals surface area contributed by atoms with Gasteiger partial charge in [-0.05, 0) is 36.6 Å². The molecular weight excluding hydrogens is 254 g/mol. The minimum atomic E-state index is 0.424. The summed E-state index contributed by atoms with van der Waals surface area (Å²) in [7, 11) is 0. The number of pyridine rings is 1. The zero-order valence-electron chi connectivity index (χ0n) is 10.9. The first-order valence-corrected chi connectivity index (χ1v) is 6.61. The predicted octanol–water partition coefficient (Wildman–Crippen LogP) is 2.68. The molecule has 0 unspecified atom stereocenters. The van der Waals surface area contributed by atoms with Gasteiger partial charge in [-0.1, -0.05) is 30.4 Å². The van der Waals surface area contributed by atoms with E-state index >= 15 is 0 Å². The Hall–Kier alpha value is -1.94. The molecule has 0 radical (unpaired) electrons. The molecule has 98 valence electrons. The van der Waals surface area contributed by atoms with Crippen LogP contribution in [-0.4, -0.2) is 16.5 Å². The van der Waals surface area contributed by atoms with Crippen LogP contribution in [0.2, 0.25) is 0 Å². The summed E-state index contributed by atoms with van der Waals surface area (Å²) in [5.41, 5.74) is 10.0. The van der Waals surface area contributed by atoms with Gasteiger partial charge in [-0.25, -0.2) is 0 Å². The first kappa shape index (κ1) is 13.5. The van der Waals surface area contributed by atoms with Crippen molar-refractivity contribution in [1.29, 1.82) is 0 Å². The average Bonchev–Trinajstić information content (AvgIpc) is 2.41. The van der Waals surface area contributed by atoms with Crippen molar-refractivity contribution in [2.45, 2.75) is 13.3 Å². The molecular formula is C15H17N3S. The van der Waals surface area contributed by atoms with Crippen molar-refractivity contribution in [2.24, 2.45) is 5.73 Å². The van der Waals surface area contributed by atoms with Crippen molar-refractivity contribution >= 4 is 22.9 Å². The van der Waals surface area contributed by atoms with Crippen molar-refractivity contribution < 1.29 is 0 Å². The summed E-state index contributed by atoms with van der Waals surface area (Å²) < 4.78 is 0. The van der Waals surface area contributed by atoms with E-state index in [1.165, 1.54) is 5.56 Å². The number of aromatic nitrogens is 1. The second-order valence-electron chi connectivity index (χ2n) is 4.40. The zero-order valence-corrected chi connectivity index (χ0v) is 11.7. The van der Waals surface area contributed by atoms with Crippen molar-refractivity contribution in [1.82, 2.24) is 4.98 Å². The zero-order chi connectivity index (χ0) is 13.7. The van der Waals surface area contributed by atoms with Crippen molar-refractivity contribution in [3.63, 3.8) is 0 Å². The molecule has 3 nitrogen and oxygen atoms in total. The molecule has 0 amide bonds. The molecule has 2 rings (SSSR count). The van der Waals surface area contributed by atoms with Gasteiger partial charge in [0, 0.05) is 30.2 Å². The van der Waals surface area contributed by atoms with Crippen LogP contribution < -0.4 is 11.1 Å². The maximum Gasteiger partial charge on any atom is 0.106 e. The third kappa shape index (κ3) is 3.51. The molecule has 0 saturated carbocycles. The minimum Gasteiger partial charge on any atom is -0.389 e. The van der Waals surface area contributed by atoms with Gasteiger partial charge in [-0.3, -0.25) is 4.98 Å². The number of hydrogen-bond acceptors (Lipinski definition) is 3. The first-order chi connectivity index (χ1) is 9.18. The van der Waals surface area contributed by atoms with Crippen LogP contribution >= 0.6 is 12.2 Å². The van der Waals surface area contributed by atoms with E-state index in [4.69, 9.17) is 18.0 Å². The molecule has 0 atom stereocenters. The summed E-state index contributed by atoms with van der Waals surface area (Å²) in [5, 5.41) is 3.42. The lowest BCUT2D eigenvalue weighted by molar-refractivity contribution is 1.00. The van der Waals surface area contributed by atoms with Gasteiger partial charge in [0.2, 0.25) is 0 Å². The second kappa shape index (κ2) is 6.29. The Morgan fingerprint density at radius 3 is 2.84 bits per heavy atom. The maximum absolute atomic E-state index is 5.75. The van der Waals surface area contributed by atoms with Crippen LogP contribution in [0.4, 0.5) is 5.69 Å². The summed E-state index contributed by atoms with van der Waals surface area (Å²) in [6, 6.07) is 9.98. The number of aryl methyl sites for hydroxylation is 1. The van der Waals surface area contributed by atoms with E-state index in [9.17, 15) is 0 Å². The Morgan fingerprint density at radius 1 is 1.32 bits per heavy atom.